The van der Waals surface area contributed by atoms with Crippen molar-refractivity contribution in [3.05, 3.63) is 45.7 Å². The van der Waals surface area contributed by atoms with Crippen LogP contribution < -0.4 is 10.3 Å². The van der Waals surface area contributed by atoms with Gasteiger partial charge in [0.2, 0.25) is 15.9 Å². The average Bonchev–Trinajstić information content (AvgIpc) is 2.84. The first-order valence-corrected chi connectivity index (χ1v) is 13.6. The van der Waals surface area contributed by atoms with Gasteiger partial charge in [-0.25, -0.2) is 13.1 Å². The number of nitrogens with zero attached hydrogens (tertiary/aromatic N) is 4. The first-order valence-electron chi connectivity index (χ1n) is 12.1. The number of pyridine rings is 1. The molecular formula is C25H35N5O4S. The summed E-state index contributed by atoms with van der Waals surface area (Å²) in [6.07, 6.45) is 5.50. The number of azo groups is 1. The summed E-state index contributed by atoms with van der Waals surface area (Å²) in [5, 5.41) is 28.2. The molecule has 0 saturated heterocycles. The number of nitrogens with one attached hydrogen (secondary N) is 1. The molecule has 1 aromatic heterocycles. The largest absolute Gasteiger partial charge is 0.493 e. The van der Waals surface area contributed by atoms with E-state index in [0.29, 0.717) is 24.6 Å². The predicted molar refractivity (Wildman–Crippen MR) is 136 cm³/mol. The summed E-state index contributed by atoms with van der Waals surface area (Å²) in [5.41, 5.74) is -0.0136. The third kappa shape index (κ3) is 7.23. The third-order valence-electron chi connectivity index (χ3n) is 6.02. The van der Waals surface area contributed by atoms with Gasteiger partial charge < -0.3 is 5.11 Å². The van der Waals surface area contributed by atoms with Gasteiger partial charge in [-0.05, 0) is 49.9 Å². The molecule has 0 fully saturated rings. The highest BCUT2D eigenvalue weighted by molar-refractivity contribution is 7.89. The Kier molecular flexibility index (Phi) is 10.6. The van der Waals surface area contributed by atoms with Crippen LogP contribution >= 0.6 is 0 Å². The standard InChI is InChI=1S/C25H35N5O4S/c1-5-8-10-19(7-3)17-27-35(33,34)21-13-11-20(12-14-21)28-29-23-18(4)22(16-26)24(31)30(25(23)32)15-9-6-2/h11-14,19,27,32H,5-10,15,17H2,1-4H3. The van der Waals surface area contributed by atoms with Crippen LogP contribution in [0, 0.1) is 24.2 Å². The number of benzene rings is 1. The molecule has 2 N–H and O–H groups in total. The van der Waals surface area contributed by atoms with Crippen LogP contribution in [0.4, 0.5) is 11.4 Å². The predicted octanol–water partition coefficient (Wildman–Crippen LogP) is 5.44. The Morgan fingerprint density at radius 1 is 1.11 bits per heavy atom. The Balaban J connectivity index is 2.25. The zero-order valence-corrected chi connectivity index (χ0v) is 21.7. The quantitative estimate of drug-likeness (QED) is 0.352. The normalized spacial score (nSPS) is 12.7. The van der Waals surface area contributed by atoms with Crippen molar-refractivity contribution in [3.8, 4) is 11.9 Å². The molecule has 35 heavy (non-hydrogen) atoms. The van der Waals surface area contributed by atoms with Gasteiger partial charge in [-0.2, -0.15) is 10.4 Å². The fraction of sp³-hybridized carbons (Fsp3) is 0.520. The van der Waals surface area contributed by atoms with Crippen molar-refractivity contribution in [2.75, 3.05) is 6.54 Å². The van der Waals surface area contributed by atoms with E-state index in [1.54, 1.807) is 0 Å². The van der Waals surface area contributed by atoms with E-state index in [1.807, 2.05) is 13.0 Å². The van der Waals surface area contributed by atoms with E-state index in [2.05, 4.69) is 28.8 Å². The van der Waals surface area contributed by atoms with Crippen LogP contribution in [-0.4, -0.2) is 24.6 Å². The summed E-state index contributed by atoms with van der Waals surface area (Å²) in [6, 6.07) is 7.80. The molecule has 0 radical (unpaired) electrons. The molecule has 2 aromatic rings. The second-order valence-corrected chi connectivity index (χ2v) is 10.3. The minimum atomic E-state index is -3.65. The van der Waals surface area contributed by atoms with E-state index >= 15 is 0 Å². The SMILES string of the molecule is CCCCC(CC)CNS(=O)(=O)c1ccc(N=Nc2c(C)c(C#N)c(=O)n(CCCC)c2O)cc1. The smallest absolute Gasteiger partial charge is 0.271 e. The summed E-state index contributed by atoms with van der Waals surface area (Å²) in [6.45, 7) is 8.32. The number of unbranched alkanes of at least 4 members (excludes halogenated alkanes) is 2. The maximum atomic E-state index is 12.7. The van der Waals surface area contributed by atoms with Gasteiger partial charge in [0.25, 0.3) is 5.56 Å². The van der Waals surface area contributed by atoms with Gasteiger partial charge >= 0.3 is 0 Å². The maximum Gasteiger partial charge on any atom is 0.271 e. The number of hydrogen-bond acceptors (Lipinski definition) is 7. The Labute approximate surface area is 207 Å². The maximum absolute atomic E-state index is 12.7. The fourth-order valence-corrected chi connectivity index (χ4v) is 4.75. The monoisotopic (exact) mass is 501 g/mol. The summed E-state index contributed by atoms with van der Waals surface area (Å²) >= 11 is 0. The number of hydrogen-bond donors (Lipinski definition) is 2. The van der Waals surface area contributed by atoms with Crippen molar-refractivity contribution < 1.29 is 13.5 Å². The zero-order valence-electron chi connectivity index (χ0n) is 20.9. The zero-order chi connectivity index (χ0) is 26.0. The molecule has 10 heteroatoms. The molecule has 2 rings (SSSR count). The highest BCUT2D eigenvalue weighted by atomic mass is 32.2. The molecule has 0 amide bonds. The molecule has 0 aliphatic carbocycles. The van der Waals surface area contributed by atoms with Crippen LogP contribution in [0.15, 0.2) is 44.2 Å². The minimum absolute atomic E-state index is 0.0355. The van der Waals surface area contributed by atoms with Crippen molar-refractivity contribution >= 4 is 21.4 Å². The topological polar surface area (TPSA) is 137 Å². The second-order valence-electron chi connectivity index (χ2n) is 8.56. The van der Waals surface area contributed by atoms with Crippen LogP contribution in [-0.2, 0) is 16.6 Å². The summed E-state index contributed by atoms with van der Waals surface area (Å²) in [5.74, 6) is -0.0479. The summed E-state index contributed by atoms with van der Waals surface area (Å²) in [7, 11) is -3.65. The molecule has 0 saturated carbocycles. The van der Waals surface area contributed by atoms with Gasteiger partial charge in [0.05, 0.1) is 10.6 Å². The molecule has 9 nitrogen and oxygen atoms in total. The Hall–Kier alpha value is -3.03. The first kappa shape index (κ1) is 28.2. The van der Waals surface area contributed by atoms with Gasteiger partial charge in [0.1, 0.15) is 11.6 Å². The lowest BCUT2D eigenvalue weighted by molar-refractivity contribution is 0.402. The second kappa shape index (κ2) is 13.2. The molecule has 0 aliphatic rings. The van der Waals surface area contributed by atoms with Crippen molar-refractivity contribution in [3.63, 3.8) is 0 Å². The van der Waals surface area contributed by atoms with Crippen molar-refractivity contribution in [2.24, 2.45) is 16.1 Å². The van der Waals surface area contributed by atoms with E-state index < -0.39 is 15.6 Å². The summed E-state index contributed by atoms with van der Waals surface area (Å²) < 4.78 is 29.2. The molecule has 0 spiro atoms. The van der Waals surface area contributed by atoms with Crippen molar-refractivity contribution in [1.82, 2.24) is 9.29 Å². The van der Waals surface area contributed by atoms with Crippen LogP contribution in [0.3, 0.4) is 0 Å². The lowest BCUT2D eigenvalue weighted by Crippen LogP contribution is -2.29. The highest BCUT2D eigenvalue weighted by Crippen LogP contribution is 2.32. The molecule has 1 unspecified atom stereocenters. The van der Waals surface area contributed by atoms with E-state index in [-0.39, 0.29) is 34.1 Å². The minimum Gasteiger partial charge on any atom is -0.493 e. The summed E-state index contributed by atoms with van der Waals surface area (Å²) in [4.78, 5) is 12.6. The van der Waals surface area contributed by atoms with Crippen LogP contribution in [0.25, 0.3) is 0 Å². The Morgan fingerprint density at radius 3 is 2.34 bits per heavy atom. The van der Waals surface area contributed by atoms with Gasteiger partial charge in [0.15, 0.2) is 5.69 Å². The van der Waals surface area contributed by atoms with Gasteiger partial charge in [0, 0.05) is 18.7 Å². The average molecular weight is 502 g/mol. The van der Waals surface area contributed by atoms with E-state index in [9.17, 15) is 23.6 Å². The van der Waals surface area contributed by atoms with Gasteiger partial charge in [-0.15, -0.1) is 5.11 Å². The number of aromatic hydroxyl groups is 1. The number of rotatable bonds is 13. The first-order chi connectivity index (χ1) is 16.7. The lowest BCUT2D eigenvalue weighted by Gasteiger charge is -2.15. The lowest BCUT2D eigenvalue weighted by atomic mass is 10.00. The molecule has 1 aromatic carbocycles. The van der Waals surface area contributed by atoms with Crippen molar-refractivity contribution in [1.29, 1.82) is 5.26 Å². The Morgan fingerprint density at radius 2 is 1.77 bits per heavy atom. The molecular weight excluding hydrogens is 466 g/mol. The van der Waals surface area contributed by atoms with Crippen molar-refractivity contribution in [2.45, 2.75) is 77.7 Å². The molecule has 1 atom stereocenters. The van der Waals surface area contributed by atoms with Crippen LogP contribution in [0.2, 0.25) is 0 Å². The number of sulfonamides is 1. The third-order valence-corrected chi connectivity index (χ3v) is 7.46. The molecule has 190 valence electrons. The van der Waals surface area contributed by atoms with E-state index in [1.165, 1.54) is 31.2 Å². The number of nitriles is 1. The van der Waals surface area contributed by atoms with E-state index in [4.69, 9.17) is 0 Å². The molecule has 1 heterocycles. The van der Waals surface area contributed by atoms with E-state index in [0.717, 1.165) is 36.7 Å². The van der Waals surface area contributed by atoms with Gasteiger partial charge in [-0.1, -0.05) is 46.5 Å². The van der Waals surface area contributed by atoms with Gasteiger partial charge in [-0.3, -0.25) is 9.36 Å². The fourth-order valence-electron chi connectivity index (χ4n) is 3.63. The Bertz CT molecular complexity index is 1230. The molecule has 0 aliphatic heterocycles. The van der Waals surface area contributed by atoms with Crippen LogP contribution in [0.1, 0.15) is 70.4 Å². The molecule has 0 bridgehead atoms. The number of aromatic nitrogens is 1. The van der Waals surface area contributed by atoms with Crippen LogP contribution in [0.5, 0.6) is 5.88 Å². The highest BCUT2D eigenvalue weighted by Gasteiger charge is 2.19.